The quantitative estimate of drug-likeness (QED) is 0.858. The van der Waals surface area contributed by atoms with Crippen LogP contribution < -0.4 is 10.2 Å². The highest BCUT2D eigenvalue weighted by molar-refractivity contribution is 5.61. The fourth-order valence-corrected chi connectivity index (χ4v) is 3.20. The van der Waals surface area contributed by atoms with Crippen LogP contribution >= 0.6 is 0 Å². The molecule has 1 aromatic heterocycles. The van der Waals surface area contributed by atoms with Crippen molar-refractivity contribution in [1.82, 2.24) is 4.57 Å². The topological polar surface area (TPSA) is 91.6 Å². The zero-order valence-electron chi connectivity index (χ0n) is 14.3. The van der Waals surface area contributed by atoms with E-state index in [0.717, 1.165) is 31.6 Å². The number of nitriles is 3. The number of benzene rings is 1. The van der Waals surface area contributed by atoms with E-state index < -0.39 is 0 Å². The second-order valence-electron chi connectivity index (χ2n) is 6.11. The van der Waals surface area contributed by atoms with Crippen LogP contribution in [0.2, 0.25) is 0 Å². The minimum Gasteiger partial charge on any atom is -0.371 e. The highest BCUT2D eigenvalue weighted by atomic mass is 15.2. The zero-order chi connectivity index (χ0) is 18.4. The van der Waals surface area contributed by atoms with E-state index in [4.69, 9.17) is 15.8 Å². The molecule has 1 aliphatic heterocycles. The van der Waals surface area contributed by atoms with Gasteiger partial charge >= 0.3 is 0 Å². The lowest BCUT2D eigenvalue weighted by molar-refractivity contribution is 0.397. The van der Waals surface area contributed by atoms with Gasteiger partial charge in [-0.05, 0) is 49.2 Å². The van der Waals surface area contributed by atoms with Crippen molar-refractivity contribution in [2.75, 3.05) is 23.3 Å². The van der Waals surface area contributed by atoms with Crippen molar-refractivity contribution < 1.29 is 0 Å². The lowest BCUT2D eigenvalue weighted by Gasteiger charge is -2.34. The molecule has 128 valence electrons. The Hall–Kier alpha value is -3.69. The summed E-state index contributed by atoms with van der Waals surface area (Å²) in [7, 11) is 0. The summed E-state index contributed by atoms with van der Waals surface area (Å²) < 4.78 is 2.28. The maximum Gasteiger partial charge on any atom is 0.163 e. The normalized spacial score (nSPS) is 14.0. The van der Waals surface area contributed by atoms with Gasteiger partial charge in [0.15, 0.2) is 5.57 Å². The molecule has 1 N–H and O–H groups in total. The van der Waals surface area contributed by atoms with Gasteiger partial charge in [0.2, 0.25) is 0 Å². The van der Waals surface area contributed by atoms with E-state index in [1.54, 1.807) is 12.1 Å². The first-order valence-corrected chi connectivity index (χ1v) is 8.44. The van der Waals surface area contributed by atoms with Crippen molar-refractivity contribution in [2.24, 2.45) is 0 Å². The first-order valence-electron chi connectivity index (χ1n) is 8.44. The minimum atomic E-state index is -0.219. The molecule has 0 aliphatic carbocycles. The maximum absolute atomic E-state index is 9.10. The molecule has 1 aromatic carbocycles. The van der Waals surface area contributed by atoms with Crippen LogP contribution in [0.15, 0.2) is 60.1 Å². The highest BCUT2D eigenvalue weighted by Crippen LogP contribution is 2.27. The smallest absolute Gasteiger partial charge is 0.163 e. The number of piperidine rings is 1. The molecule has 1 aliphatic rings. The second-order valence-corrected chi connectivity index (χ2v) is 6.11. The lowest BCUT2D eigenvalue weighted by atomic mass is 10.0. The van der Waals surface area contributed by atoms with E-state index in [-0.39, 0.29) is 11.3 Å². The van der Waals surface area contributed by atoms with Gasteiger partial charge in [0.1, 0.15) is 23.9 Å². The van der Waals surface area contributed by atoms with Crippen molar-refractivity contribution in [3.63, 3.8) is 0 Å². The molecule has 6 heteroatoms. The predicted octanol–water partition coefficient (Wildman–Crippen LogP) is 3.57. The summed E-state index contributed by atoms with van der Waals surface area (Å²) in [5, 5.41) is 29.7. The first-order chi connectivity index (χ1) is 12.7. The van der Waals surface area contributed by atoms with Crippen LogP contribution in [0.5, 0.6) is 0 Å². The third kappa shape index (κ3) is 3.69. The predicted molar refractivity (Wildman–Crippen MR) is 98.8 cm³/mol. The van der Waals surface area contributed by atoms with E-state index in [1.165, 1.54) is 0 Å². The standard InChI is InChI=1S/C20H18N6/c21-13-16(14-22)20(15-23)24-17-3-5-18(6-4-17)26-11-7-19(8-12-26)25-9-1-2-10-25/h1-6,9-10,19,24H,7-8,11-12H2. The molecule has 0 spiro atoms. The van der Waals surface area contributed by atoms with Crippen molar-refractivity contribution in [3.8, 4) is 18.2 Å². The largest absolute Gasteiger partial charge is 0.371 e. The summed E-state index contributed by atoms with van der Waals surface area (Å²) in [4.78, 5) is 2.35. The van der Waals surface area contributed by atoms with Gasteiger partial charge in [-0.1, -0.05) is 0 Å². The number of hydrogen-bond acceptors (Lipinski definition) is 5. The molecule has 0 radical (unpaired) electrons. The summed E-state index contributed by atoms with van der Waals surface area (Å²) in [5.74, 6) is 0. The molecule has 1 saturated heterocycles. The van der Waals surface area contributed by atoms with Crippen molar-refractivity contribution in [1.29, 1.82) is 15.8 Å². The van der Waals surface area contributed by atoms with E-state index in [0.29, 0.717) is 11.7 Å². The van der Waals surface area contributed by atoms with Gasteiger partial charge < -0.3 is 14.8 Å². The summed E-state index contributed by atoms with van der Waals surface area (Å²) in [6.45, 7) is 1.98. The number of anilines is 2. The van der Waals surface area contributed by atoms with Crippen LogP contribution in [0.25, 0.3) is 0 Å². The molecule has 26 heavy (non-hydrogen) atoms. The molecule has 0 amide bonds. The van der Waals surface area contributed by atoms with Gasteiger partial charge in [-0.25, -0.2) is 0 Å². The molecule has 0 unspecified atom stereocenters. The molecule has 0 bridgehead atoms. The third-order valence-corrected chi connectivity index (χ3v) is 4.60. The fraction of sp³-hybridized carbons (Fsp3) is 0.250. The highest BCUT2D eigenvalue weighted by Gasteiger charge is 2.20. The third-order valence-electron chi connectivity index (χ3n) is 4.60. The summed E-state index contributed by atoms with van der Waals surface area (Å²) in [6.07, 6.45) is 6.45. The van der Waals surface area contributed by atoms with Crippen LogP contribution in [-0.4, -0.2) is 17.7 Å². The Balaban J connectivity index is 1.64. The van der Waals surface area contributed by atoms with Gasteiger partial charge in [0, 0.05) is 42.9 Å². The number of allylic oxidation sites excluding steroid dienone is 2. The zero-order valence-corrected chi connectivity index (χ0v) is 14.3. The molecule has 6 nitrogen and oxygen atoms in total. The van der Waals surface area contributed by atoms with E-state index in [1.807, 2.05) is 30.3 Å². The maximum atomic E-state index is 9.10. The van der Waals surface area contributed by atoms with Crippen LogP contribution in [0.4, 0.5) is 11.4 Å². The monoisotopic (exact) mass is 342 g/mol. The molecule has 0 atom stereocenters. The number of hydrogen-bond donors (Lipinski definition) is 1. The number of rotatable bonds is 4. The Morgan fingerprint density at radius 1 is 0.923 bits per heavy atom. The average molecular weight is 342 g/mol. The summed E-state index contributed by atoms with van der Waals surface area (Å²) in [5.41, 5.74) is 1.55. The molecule has 2 aromatic rings. The Labute approximate surface area is 152 Å². The van der Waals surface area contributed by atoms with E-state index in [2.05, 4.69) is 39.3 Å². The minimum absolute atomic E-state index is 0.0321. The summed E-state index contributed by atoms with van der Waals surface area (Å²) >= 11 is 0. The van der Waals surface area contributed by atoms with Crippen molar-refractivity contribution in [3.05, 3.63) is 60.1 Å². The average Bonchev–Trinajstić information content (AvgIpc) is 3.23. The molecule has 0 saturated carbocycles. The Morgan fingerprint density at radius 2 is 1.54 bits per heavy atom. The number of nitrogens with one attached hydrogen (secondary N) is 1. The number of nitrogens with zero attached hydrogens (tertiary/aromatic N) is 5. The van der Waals surface area contributed by atoms with Crippen LogP contribution in [0.3, 0.4) is 0 Å². The van der Waals surface area contributed by atoms with Crippen molar-refractivity contribution >= 4 is 11.4 Å². The van der Waals surface area contributed by atoms with Crippen LogP contribution in [0, 0.1) is 34.0 Å². The van der Waals surface area contributed by atoms with Gasteiger partial charge in [-0.2, -0.15) is 15.8 Å². The van der Waals surface area contributed by atoms with Gasteiger partial charge in [0.25, 0.3) is 0 Å². The van der Waals surface area contributed by atoms with Crippen LogP contribution in [0.1, 0.15) is 18.9 Å². The summed E-state index contributed by atoms with van der Waals surface area (Å²) in [6, 6.07) is 17.7. The van der Waals surface area contributed by atoms with Crippen LogP contribution in [-0.2, 0) is 0 Å². The van der Waals surface area contributed by atoms with Gasteiger partial charge in [-0.15, -0.1) is 0 Å². The molecular formula is C20H18N6. The molecule has 2 heterocycles. The molecule has 1 fully saturated rings. The lowest BCUT2D eigenvalue weighted by Crippen LogP contribution is -2.34. The fourth-order valence-electron chi connectivity index (χ4n) is 3.20. The Kier molecular flexibility index (Phi) is 5.22. The van der Waals surface area contributed by atoms with E-state index in [9.17, 15) is 0 Å². The molecular weight excluding hydrogens is 324 g/mol. The first kappa shape index (κ1) is 17.1. The van der Waals surface area contributed by atoms with Crippen molar-refractivity contribution in [2.45, 2.75) is 18.9 Å². The van der Waals surface area contributed by atoms with E-state index >= 15 is 0 Å². The SMILES string of the molecule is N#CC(C#N)=C(C#N)Nc1ccc(N2CCC(n3cccc3)CC2)cc1. The van der Waals surface area contributed by atoms with Gasteiger partial charge in [0.05, 0.1) is 0 Å². The Morgan fingerprint density at radius 3 is 2.08 bits per heavy atom. The van der Waals surface area contributed by atoms with Gasteiger partial charge in [-0.3, -0.25) is 0 Å². The second kappa shape index (κ2) is 7.92. The number of aromatic nitrogens is 1. The Bertz CT molecular complexity index is 879. The molecule has 3 rings (SSSR count).